The molecule has 2 aromatic carbocycles. The number of benzene rings is 2. The number of carbonyl (C=O) groups is 1. The van der Waals surface area contributed by atoms with Crippen molar-refractivity contribution in [1.82, 2.24) is 9.88 Å². The molecule has 0 saturated heterocycles. The highest BCUT2D eigenvalue weighted by molar-refractivity contribution is 7.22. The molecule has 0 N–H and O–H groups in total. The van der Waals surface area contributed by atoms with Gasteiger partial charge in [0.25, 0.3) is 5.91 Å². The molecule has 6 nitrogen and oxygen atoms in total. The summed E-state index contributed by atoms with van der Waals surface area (Å²) in [6.07, 6.45) is 2.06. The van der Waals surface area contributed by atoms with E-state index in [4.69, 9.17) is 14.5 Å². The number of likely N-dealkylation sites (N-methyl/N-ethyl adjacent to an activating group) is 1. The van der Waals surface area contributed by atoms with Crippen molar-refractivity contribution in [2.45, 2.75) is 40.5 Å². The van der Waals surface area contributed by atoms with Gasteiger partial charge in [0.05, 0.1) is 17.9 Å². The molecule has 0 fully saturated rings. The van der Waals surface area contributed by atoms with Crippen molar-refractivity contribution in [2.24, 2.45) is 0 Å². The molecule has 3 aromatic rings. The van der Waals surface area contributed by atoms with Crippen LogP contribution in [-0.4, -0.2) is 55.2 Å². The molecule has 0 aliphatic carbocycles. The Bertz CT molecular complexity index is 1030. The molecule has 0 radical (unpaired) electrons. The first-order chi connectivity index (χ1) is 16.1. The van der Waals surface area contributed by atoms with Crippen LogP contribution in [0, 0.1) is 0 Å². The SMILES string of the molecule is CCCCOc1cccc(C(=O)N(CCN(CC)CC)c2nc3c(OCC)cccc3s2)c1. The minimum Gasteiger partial charge on any atom is -0.494 e. The predicted molar refractivity (Wildman–Crippen MR) is 137 cm³/mol. The van der Waals surface area contributed by atoms with Gasteiger partial charge in [-0.2, -0.15) is 0 Å². The molecule has 1 heterocycles. The Hall–Kier alpha value is -2.64. The van der Waals surface area contributed by atoms with Gasteiger partial charge in [-0.1, -0.05) is 50.7 Å². The van der Waals surface area contributed by atoms with Crippen LogP contribution in [0.5, 0.6) is 11.5 Å². The molecule has 7 heteroatoms. The second kappa shape index (κ2) is 12.6. The number of carbonyl (C=O) groups excluding carboxylic acids is 1. The number of thiazole rings is 1. The molecule has 0 unspecified atom stereocenters. The van der Waals surface area contributed by atoms with Crippen molar-refractivity contribution >= 4 is 32.6 Å². The number of anilines is 1. The molecule has 3 rings (SSSR count). The van der Waals surface area contributed by atoms with Crippen molar-refractivity contribution in [3.05, 3.63) is 48.0 Å². The summed E-state index contributed by atoms with van der Waals surface area (Å²) in [7, 11) is 0. The van der Waals surface area contributed by atoms with Crippen molar-refractivity contribution < 1.29 is 14.3 Å². The highest BCUT2D eigenvalue weighted by Crippen LogP contribution is 2.35. The molecule has 0 spiro atoms. The summed E-state index contributed by atoms with van der Waals surface area (Å²) in [6.45, 7) is 12.8. The summed E-state index contributed by atoms with van der Waals surface area (Å²) in [4.78, 5) is 22.6. The van der Waals surface area contributed by atoms with Crippen LogP contribution in [0.4, 0.5) is 5.13 Å². The minimum absolute atomic E-state index is 0.0693. The van der Waals surface area contributed by atoms with Crippen LogP contribution in [-0.2, 0) is 0 Å². The molecule has 0 bridgehead atoms. The Morgan fingerprint density at radius 1 is 1.00 bits per heavy atom. The van der Waals surface area contributed by atoms with Gasteiger partial charge in [-0.05, 0) is 56.8 Å². The lowest BCUT2D eigenvalue weighted by Gasteiger charge is -2.25. The number of para-hydroxylation sites is 1. The summed E-state index contributed by atoms with van der Waals surface area (Å²) in [6, 6.07) is 13.4. The second-order valence-corrected chi connectivity index (χ2v) is 8.75. The van der Waals surface area contributed by atoms with Gasteiger partial charge in [-0.3, -0.25) is 9.69 Å². The maximum absolute atomic E-state index is 13.7. The third kappa shape index (κ3) is 6.45. The Balaban J connectivity index is 1.93. The van der Waals surface area contributed by atoms with Gasteiger partial charge in [0, 0.05) is 18.7 Å². The lowest BCUT2D eigenvalue weighted by Crippen LogP contribution is -2.38. The Morgan fingerprint density at radius 2 is 1.79 bits per heavy atom. The van der Waals surface area contributed by atoms with E-state index in [1.54, 1.807) is 4.90 Å². The number of fused-ring (bicyclic) bond motifs is 1. The molecular weight excluding hydrogens is 434 g/mol. The Morgan fingerprint density at radius 3 is 2.52 bits per heavy atom. The van der Waals surface area contributed by atoms with Gasteiger partial charge in [0.1, 0.15) is 17.0 Å². The summed E-state index contributed by atoms with van der Waals surface area (Å²) < 4.78 is 12.6. The van der Waals surface area contributed by atoms with Crippen LogP contribution in [0.1, 0.15) is 50.9 Å². The van der Waals surface area contributed by atoms with Crippen LogP contribution in [0.2, 0.25) is 0 Å². The predicted octanol–water partition coefficient (Wildman–Crippen LogP) is 5.86. The standard InChI is InChI=1S/C26H35N3O3S/c1-5-9-18-32-21-13-10-12-20(19-21)25(30)29(17-16-28(6-2)7-3)26-27-24-22(31-8-4)14-11-15-23(24)33-26/h10-15,19H,5-9,16-18H2,1-4H3. The number of nitrogens with zero attached hydrogens (tertiary/aromatic N) is 3. The number of unbranched alkanes of at least 4 members (excludes halogenated alkanes) is 1. The number of aromatic nitrogens is 1. The molecule has 0 aliphatic rings. The van der Waals surface area contributed by atoms with E-state index in [-0.39, 0.29) is 5.91 Å². The molecule has 1 aromatic heterocycles. The van der Waals surface area contributed by atoms with Gasteiger partial charge >= 0.3 is 0 Å². The molecule has 0 saturated carbocycles. The molecule has 0 aliphatic heterocycles. The number of hydrogen-bond donors (Lipinski definition) is 0. The highest BCUT2D eigenvalue weighted by Gasteiger charge is 2.23. The van der Waals surface area contributed by atoms with Gasteiger partial charge < -0.3 is 14.4 Å². The monoisotopic (exact) mass is 469 g/mol. The average molecular weight is 470 g/mol. The Labute approximate surface area is 201 Å². The summed E-state index contributed by atoms with van der Waals surface area (Å²) >= 11 is 1.52. The van der Waals surface area contributed by atoms with Crippen molar-refractivity contribution in [3.8, 4) is 11.5 Å². The molecule has 178 valence electrons. The van der Waals surface area contributed by atoms with E-state index in [9.17, 15) is 4.79 Å². The van der Waals surface area contributed by atoms with Crippen molar-refractivity contribution in [2.75, 3.05) is 44.3 Å². The zero-order valence-electron chi connectivity index (χ0n) is 20.2. The largest absolute Gasteiger partial charge is 0.494 e. The summed E-state index contributed by atoms with van der Waals surface area (Å²) in [5.74, 6) is 1.40. The topological polar surface area (TPSA) is 54.9 Å². The fourth-order valence-electron chi connectivity index (χ4n) is 3.57. The van der Waals surface area contributed by atoms with Gasteiger partial charge in [-0.15, -0.1) is 0 Å². The smallest absolute Gasteiger partial charge is 0.260 e. The van der Waals surface area contributed by atoms with Gasteiger partial charge in [0.15, 0.2) is 5.13 Å². The van der Waals surface area contributed by atoms with Crippen LogP contribution in [0.3, 0.4) is 0 Å². The fraction of sp³-hybridized carbons (Fsp3) is 0.462. The molecular formula is C26H35N3O3S. The van der Waals surface area contributed by atoms with Crippen LogP contribution >= 0.6 is 11.3 Å². The quantitative estimate of drug-likeness (QED) is 0.293. The van der Waals surface area contributed by atoms with E-state index in [1.807, 2.05) is 49.4 Å². The van der Waals surface area contributed by atoms with Crippen LogP contribution in [0.25, 0.3) is 10.2 Å². The number of ether oxygens (including phenoxy) is 2. The summed E-state index contributed by atoms with van der Waals surface area (Å²) in [5, 5.41) is 0.687. The maximum Gasteiger partial charge on any atom is 0.260 e. The first-order valence-corrected chi connectivity index (χ1v) is 12.7. The van der Waals surface area contributed by atoms with Gasteiger partial charge in [0.2, 0.25) is 0 Å². The summed E-state index contributed by atoms with van der Waals surface area (Å²) in [5.41, 5.74) is 1.41. The van der Waals surface area contributed by atoms with E-state index in [2.05, 4.69) is 25.7 Å². The maximum atomic E-state index is 13.7. The Kier molecular flexibility index (Phi) is 9.51. The third-order valence-corrected chi connectivity index (χ3v) is 6.57. The van der Waals surface area contributed by atoms with E-state index in [0.29, 0.717) is 30.5 Å². The van der Waals surface area contributed by atoms with E-state index >= 15 is 0 Å². The normalized spacial score (nSPS) is 11.2. The van der Waals surface area contributed by atoms with Gasteiger partial charge in [-0.25, -0.2) is 4.98 Å². The number of rotatable bonds is 13. The average Bonchev–Trinajstić information content (AvgIpc) is 3.27. The van der Waals surface area contributed by atoms with Crippen molar-refractivity contribution in [1.29, 1.82) is 0 Å². The number of amides is 1. The highest BCUT2D eigenvalue weighted by atomic mass is 32.1. The zero-order valence-corrected chi connectivity index (χ0v) is 21.0. The molecule has 0 atom stereocenters. The number of hydrogen-bond acceptors (Lipinski definition) is 6. The lowest BCUT2D eigenvalue weighted by atomic mass is 10.2. The second-order valence-electron chi connectivity index (χ2n) is 7.75. The van der Waals surface area contributed by atoms with E-state index in [0.717, 1.165) is 54.2 Å². The molecule has 33 heavy (non-hydrogen) atoms. The molecule has 1 amide bonds. The lowest BCUT2D eigenvalue weighted by molar-refractivity contribution is 0.0983. The van der Waals surface area contributed by atoms with E-state index < -0.39 is 0 Å². The third-order valence-electron chi connectivity index (χ3n) is 5.53. The first-order valence-electron chi connectivity index (χ1n) is 11.9. The van der Waals surface area contributed by atoms with Crippen molar-refractivity contribution in [3.63, 3.8) is 0 Å². The minimum atomic E-state index is -0.0693. The zero-order chi connectivity index (χ0) is 23.6. The van der Waals surface area contributed by atoms with E-state index in [1.165, 1.54) is 11.3 Å². The fourth-order valence-corrected chi connectivity index (χ4v) is 4.58. The first kappa shape index (κ1) is 25.0. The van der Waals surface area contributed by atoms with Crippen LogP contribution in [0.15, 0.2) is 42.5 Å². The van der Waals surface area contributed by atoms with Crippen LogP contribution < -0.4 is 14.4 Å².